The van der Waals surface area contributed by atoms with E-state index in [1.165, 1.54) is 22.7 Å². The van der Waals surface area contributed by atoms with E-state index in [2.05, 4.69) is 5.32 Å². The van der Waals surface area contributed by atoms with Gasteiger partial charge in [-0.05, 0) is 44.0 Å². The number of amides is 2. The van der Waals surface area contributed by atoms with Gasteiger partial charge in [-0.2, -0.15) is 0 Å². The average molecular weight is 485 g/mol. The smallest absolute Gasteiger partial charge is 0.242 e. The second kappa shape index (κ2) is 12.3. The molecule has 0 fully saturated rings. The lowest BCUT2D eigenvalue weighted by atomic mass is 10.1. The first-order chi connectivity index (χ1) is 14.7. The molecule has 0 aromatic heterocycles. The van der Waals surface area contributed by atoms with Crippen molar-refractivity contribution in [2.24, 2.45) is 0 Å². The summed E-state index contributed by atoms with van der Waals surface area (Å²) in [6.07, 6.45) is 0.775. The third-order valence-electron chi connectivity index (χ3n) is 4.97. The second-order valence-electron chi connectivity index (χ2n) is 7.34. The predicted molar refractivity (Wildman–Crippen MR) is 127 cm³/mol. The number of carbonyl (C=O) groups excluding carboxylic acids is 2. The molecular formula is C23H27Cl2FN2O2S. The fourth-order valence-electron chi connectivity index (χ4n) is 2.83. The Morgan fingerprint density at radius 3 is 2.48 bits per heavy atom. The molecule has 0 unspecified atom stereocenters. The number of nitrogens with one attached hydrogen (secondary N) is 1. The van der Waals surface area contributed by atoms with Gasteiger partial charge in [-0.15, -0.1) is 11.8 Å². The van der Waals surface area contributed by atoms with Crippen molar-refractivity contribution in [1.82, 2.24) is 10.2 Å². The van der Waals surface area contributed by atoms with E-state index in [4.69, 9.17) is 23.2 Å². The first-order valence-electron chi connectivity index (χ1n) is 10.1. The molecule has 2 amide bonds. The van der Waals surface area contributed by atoms with E-state index in [0.29, 0.717) is 21.4 Å². The highest BCUT2D eigenvalue weighted by atomic mass is 35.5. The average Bonchev–Trinajstić information content (AvgIpc) is 2.73. The van der Waals surface area contributed by atoms with Gasteiger partial charge in [-0.3, -0.25) is 9.59 Å². The minimum absolute atomic E-state index is 0.0122. The summed E-state index contributed by atoms with van der Waals surface area (Å²) in [6, 6.07) is 10.8. The fourth-order valence-corrected chi connectivity index (χ4v) is 4.30. The lowest BCUT2D eigenvalue weighted by Gasteiger charge is -2.29. The Bertz CT molecular complexity index is 913. The van der Waals surface area contributed by atoms with Crippen LogP contribution in [0.15, 0.2) is 42.5 Å². The number of hydrogen-bond acceptors (Lipinski definition) is 3. The summed E-state index contributed by atoms with van der Waals surface area (Å²) in [5.74, 6) is -0.262. The van der Waals surface area contributed by atoms with E-state index >= 15 is 0 Å². The Kier molecular flexibility index (Phi) is 10.1. The highest BCUT2D eigenvalue weighted by molar-refractivity contribution is 7.99. The Morgan fingerprint density at radius 2 is 1.84 bits per heavy atom. The lowest BCUT2D eigenvalue weighted by molar-refractivity contribution is -0.139. The first kappa shape index (κ1) is 25.5. The molecule has 2 aromatic rings. The van der Waals surface area contributed by atoms with E-state index in [1.54, 1.807) is 37.3 Å². The van der Waals surface area contributed by atoms with Crippen LogP contribution in [0.5, 0.6) is 0 Å². The summed E-state index contributed by atoms with van der Waals surface area (Å²) in [6.45, 7) is 5.55. The largest absolute Gasteiger partial charge is 0.352 e. The van der Waals surface area contributed by atoms with Crippen molar-refractivity contribution in [3.8, 4) is 0 Å². The predicted octanol–water partition coefficient (Wildman–Crippen LogP) is 5.70. The highest BCUT2D eigenvalue weighted by Crippen LogP contribution is 2.25. The normalized spacial score (nSPS) is 12.8. The van der Waals surface area contributed by atoms with Crippen LogP contribution < -0.4 is 5.32 Å². The molecule has 0 spiro atoms. The van der Waals surface area contributed by atoms with Gasteiger partial charge in [-0.1, -0.05) is 54.4 Å². The molecule has 2 atom stereocenters. The SMILES string of the molecule is CC[C@H](C)NC(=O)[C@H](C)N(Cc1ccccc1F)C(=O)CSCc1ccc(Cl)cc1Cl. The first-order valence-corrected chi connectivity index (χ1v) is 12.0. The second-order valence-corrected chi connectivity index (χ2v) is 9.16. The molecule has 168 valence electrons. The summed E-state index contributed by atoms with van der Waals surface area (Å²) in [5, 5.41) is 3.98. The van der Waals surface area contributed by atoms with E-state index in [0.717, 1.165) is 12.0 Å². The van der Waals surface area contributed by atoms with Crippen LogP contribution in [0.25, 0.3) is 0 Å². The van der Waals surface area contributed by atoms with Gasteiger partial charge in [0.25, 0.3) is 0 Å². The van der Waals surface area contributed by atoms with Crippen LogP contribution in [0.4, 0.5) is 4.39 Å². The zero-order chi connectivity index (χ0) is 23.0. The van der Waals surface area contributed by atoms with Crippen LogP contribution in [-0.2, 0) is 21.9 Å². The molecule has 2 rings (SSSR count). The van der Waals surface area contributed by atoms with Gasteiger partial charge < -0.3 is 10.2 Å². The van der Waals surface area contributed by atoms with Crippen molar-refractivity contribution in [3.63, 3.8) is 0 Å². The fraction of sp³-hybridized carbons (Fsp3) is 0.391. The monoisotopic (exact) mass is 484 g/mol. The number of benzene rings is 2. The lowest BCUT2D eigenvalue weighted by Crippen LogP contribution is -2.50. The maximum atomic E-state index is 14.2. The van der Waals surface area contributed by atoms with Crippen molar-refractivity contribution >= 4 is 46.8 Å². The van der Waals surface area contributed by atoms with Gasteiger partial charge >= 0.3 is 0 Å². The molecule has 0 aliphatic rings. The Hall–Kier alpha value is -1.76. The van der Waals surface area contributed by atoms with Crippen molar-refractivity contribution < 1.29 is 14.0 Å². The minimum Gasteiger partial charge on any atom is -0.352 e. The van der Waals surface area contributed by atoms with Crippen molar-refractivity contribution in [2.75, 3.05) is 5.75 Å². The maximum absolute atomic E-state index is 14.2. The summed E-state index contributed by atoms with van der Waals surface area (Å²) in [4.78, 5) is 27.1. The van der Waals surface area contributed by atoms with Gasteiger partial charge in [0, 0.05) is 33.9 Å². The van der Waals surface area contributed by atoms with Crippen LogP contribution in [-0.4, -0.2) is 34.6 Å². The van der Waals surface area contributed by atoms with Crippen LogP contribution in [0.1, 0.15) is 38.3 Å². The minimum atomic E-state index is -0.735. The van der Waals surface area contributed by atoms with Crippen LogP contribution in [0.2, 0.25) is 10.0 Å². The molecule has 31 heavy (non-hydrogen) atoms. The third-order valence-corrected chi connectivity index (χ3v) is 6.52. The van der Waals surface area contributed by atoms with Crippen molar-refractivity contribution in [3.05, 3.63) is 69.5 Å². The van der Waals surface area contributed by atoms with E-state index in [9.17, 15) is 14.0 Å². The molecule has 0 saturated heterocycles. The van der Waals surface area contributed by atoms with Gasteiger partial charge in [0.05, 0.1) is 5.75 Å². The molecule has 0 aliphatic heterocycles. The Balaban J connectivity index is 2.11. The summed E-state index contributed by atoms with van der Waals surface area (Å²) in [7, 11) is 0. The van der Waals surface area contributed by atoms with Gasteiger partial charge in [0.15, 0.2) is 0 Å². The number of carbonyl (C=O) groups is 2. The Morgan fingerprint density at radius 1 is 1.13 bits per heavy atom. The summed E-state index contributed by atoms with van der Waals surface area (Å²) < 4.78 is 14.2. The highest BCUT2D eigenvalue weighted by Gasteiger charge is 2.27. The van der Waals surface area contributed by atoms with Crippen LogP contribution in [0.3, 0.4) is 0 Å². The quantitative estimate of drug-likeness (QED) is 0.470. The molecule has 0 heterocycles. The van der Waals surface area contributed by atoms with Crippen LogP contribution >= 0.6 is 35.0 Å². The maximum Gasteiger partial charge on any atom is 0.242 e. The van der Waals surface area contributed by atoms with E-state index in [-0.39, 0.29) is 30.2 Å². The topological polar surface area (TPSA) is 49.4 Å². The molecule has 4 nitrogen and oxygen atoms in total. The number of hydrogen-bond donors (Lipinski definition) is 1. The zero-order valence-electron chi connectivity index (χ0n) is 17.8. The number of thioether (sulfide) groups is 1. The molecule has 8 heteroatoms. The molecule has 0 saturated carbocycles. The summed E-state index contributed by atoms with van der Waals surface area (Å²) >= 11 is 13.5. The number of halogens is 3. The molecule has 0 radical (unpaired) electrons. The third kappa shape index (κ3) is 7.70. The van der Waals surface area contributed by atoms with Crippen LogP contribution in [0, 0.1) is 5.82 Å². The zero-order valence-corrected chi connectivity index (χ0v) is 20.2. The van der Waals surface area contributed by atoms with Crippen molar-refractivity contribution in [1.29, 1.82) is 0 Å². The van der Waals surface area contributed by atoms with Gasteiger partial charge in [-0.25, -0.2) is 4.39 Å². The summed E-state index contributed by atoms with van der Waals surface area (Å²) in [5.41, 5.74) is 1.23. The van der Waals surface area contributed by atoms with E-state index < -0.39 is 11.9 Å². The molecular weight excluding hydrogens is 458 g/mol. The van der Waals surface area contributed by atoms with Gasteiger partial charge in [0.1, 0.15) is 11.9 Å². The van der Waals surface area contributed by atoms with Gasteiger partial charge in [0.2, 0.25) is 11.8 Å². The molecule has 2 aromatic carbocycles. The molecule has 0 aliphatic carbocycles. The standard InChI is InChI=1S/C23H27Cl2FN2O2S/c1-4-15(2)27-23(30)16(3)28(12-17-7-5-6-8-21(17)26)22(29)14-31-13-18-9-10-19(24)11-20(18)25/h5-11,15-16H,4,12-14H2,1-3H3,(H,27,30)/t15-,16-/m0/s1. The van der Waals surface area contributed by atoms with Crippen molar-refractivity contribution in [2.45, 2.75) is 51.6 Å². The number of rotatable bonds is 10. The Labute approximate surface area is 197 Å². The molecule has 0 bridgehead atoms. The molecule has 1 N–H and O–H groups in total. The van der Waals surface area contributed by atoms with E-state index in [1.807, 2.05) is 19.9 Å². The number of nitrogens with zero attached hydrogens (tertiary/aromatic N) is 1.